The van der Waals surface area contributed by atoms with Crippen LogP contribution in [0.4, 0.5) is 4.39 Å². The molecule has 1 aliphatic carbocycles. The van der Waals surface area contributed by atoms with Crippen molar-refractivity contribution in [3.63, 3.8) is 0 Å². The SMILES string of the molecule is CCNCc1cc(F)cc(OCC2(CC#N)CC2)c1. The van der Waals surface area contributed by atoms with Gasteiger partial charge >= 0.3 is 0 Å². The number of benzene rings is 1. The van der Waals surface area contributed by atoms with Crippen LogP contribution in [0, 0.1) is 22.6 Å². The highest BCUT2D eigenvalue weighted by Gasteiger charge is 2.43. The van der Waals surface area contributed by atoms with Gasteiger partial charge in [0.25, 0.3) is 0 Å². The first-order chi connectivity index (χ1) is 9.17. The number of halogens is 1. The molecule has 1 fully saturated rings. The molecule has 0 spiro atoms. The van der Waals surface area contributed by atoms with Gasteiger partial charge in [0, 0.05) is 24.4 Å². The van der Waals surface area contributed by atoms with E-state index >= 15 is 0 Å². The predicted molar refractivity (Wildman–Crippen MR) is 71.2 cm³/mol. The van der Waals surface area contributed by atoms with Crippen LogP contribution < -0.4 is 10.1 Å². The monoisotopic (exact) mass is 262 g/mol. The molecule has 102 valence electrons. The first-order valence-corrected chi connectivity index (χ1v) is 6.67. The highest BCUT2D eigenvalue weighted by Crippen LogP contribution is 2.48. The smallest absolute Gasteiger partial charge is 0.127 e. The van der Waals surface area contributed by atoms with Gasteiger partial charge in [-0.15, -0.1) is 0 Å². The molecule has 3 nitrogen and oxygen atoms in total. The Bertz CT molecular complexity index is 478. The topological polar surface area (TPSA) is 45.0 Å². The van der Waals surface area contributed by atoms with Crippen LogP contribution in [0.25, 0.3) is 0 Å². The van der Waals surface area contributed by atoms with Gasteiger partial charge in [0.05, 0.1) is 12.7 Å². The van der Waals surface area contributed by atoms with Crippen molar-refractivity contribution in [1.82, 2.24) is 5.32 Å². The van der Waals surface area contributed by atoms with Crippen LogP contribution in [0.2, 0.25) is 0 Å². The summed E-state index contributed by atoms with van der Waals surface area (Å²) in [6.45, 7) is 3.99. The van der Waals surface area contributed by atoms with Crippen LogP contribution in [-0.4, -0.2) is 13.2 Å². The van der Waals surface area contributed by atoms with Crippen LogP contribution in [0.15, 0.2) is 18.2 Å². The van der Waals surface area contributed by atoms with Crippen LogP contribution >= 0.6 is 0 Å². The summed E-state index contributed by atoms with van der Waals surface area (Å²) in [6.07, 6.45) is 2.58. The quantitative estimate of drug-likeness (QED) is 0.821. The van der Waals surface area contributed by atoms with E-state index in [0.717, 1.165) is 24.9 Å². The molecular weight excluding hydrogens is 243 g/mol. The maximum absolute atomic E-state index is 13.5. The molecule has 4 heteroatoms. The number of nitrogens with zero attached hydrogens (tertiary/aromatic N) is 1. The van der Waals surface area contributed by atoms with Crippen molar-refractivity contribution in [3.8, 4) is 11.8 Å². The van der Waals surface area contributed by atoms with Gasteiger partial charge in [0.15, 0.2) is 0 Å². The Labute approximate surface area is 113 Å². The van der Waals surface area contributed by atoms with Gasteiger partial charge in [-0.2, -0.15) is 5.26 Å². The molecule has 1 saturated carbocycles. The summed E-state index contributed by atoms with van der Waals surface area (Å²) in [4.78, 5) is 0. The van der Waals surface area contributed by atoms with E-state index in [1.54, 1.807) is 0 Å². The highest BCUT2D eigenvalue weighted by atomic mass is 19.1. The van der Waals surface area contributed by atoms with Crippen molar-refractivity contribution >= 4 is 0 Å². The lowest BCUT2D eigenvalue weighted by molar-refractivity contribution is 0.236. The van der Waals surface area contributed by atoms with Crippen molar-refractivity contribution in [2.75, 3.05) is 13.2 Å². The fraction of sp³-hybridized carbons (Fsp3) is 0.533. The summed E-state index contributed by atoms with van der Waals surface area (Å²) in [5, 5.41) is 11.9. The van der Waals surface area contributed by atoms with E-state index in [1.807, 2.05) is 13.0 Å². The summed E-state index contributed by atoms with van der Waals surface area (Å²) in [6, 6.07) is 6.96. The molecule has 0 saturated heterocycles. The summed E-state index contributed by atoms with van der Waals surface area (Å²) in [7, 11) is 0. The molecule has 1 aliphatic rings. The Morgan fingerprint density at radius 2 is 2.21 bits per heavy atom. The van der Waals surface area contributed by atoms with Crippen molar-refractivity contribution in [1.29, 1.82) is 5.26 Å². The lowest BCUT2D eigenvalue weighted by atomic mass is 10.1. The van der Waals surface area contributed by atoms with Crippen molar-refractivity contribution in [2.24, 2.45) is 5.41 Å². The molecule has 0 atom stereocenters. The molecule has 2 rings (SSSR count). The van der Waals surface area contributed by atoms with Gasteiger partial charge in [0.2, 0.25) is 0 Å². The summed E-state index contributed by atoms with van der Waals surface area (Å²) < 4.78 is 19.1. The minimum absolute atomic E-state index is 0.0168. The second kappa shape index (κ2) is 6.03. The zero-order valence-electron chi connectivity index (χ0n) is 11.2. The standard InChI is InChI=1S/C15H19FN2O/c1-2-18-10-12-7-13(16)9-14(8-12)19-11-15(3-4-15)5-6-17/h7-9,18H,2-5,10-11H2,1H3. The molecule has 0 aromatic heterocycles. The van der Waals surface area contributed by atoms with Crippen molar-refractivity contribution in [3.05, 3.63) is 29.6 Å². The molecule has 0 bridgehead atoms. The van der Waals surface area contributed by atoms with Gasteiger partial charge in [-0.1, -0.05) is 6.92 Å². The van der Waals surface area contributed by atoms with Gasteiger partial charge in [-0.25, -0.2) is 4.39 Å². The lowest BCUT2D eigenvalue weighted by Crippen LogP contribution is -2.14. The van der Waals surface area contributed by atoms with Gasteiger partial charge in [-0.3, -0.25) is 0 Å². The number of hydrogen-bond acceptors (Lipinski definition) is 3. The third kappa shape index (κ3) is 3.93. The van der Waals surface area contributed by atoms with E-state index in [0.29, 0.717) is 25.3 Å². The highest BCUT2D eigenvalue weighted by molar-refractivity contribution is 5.29. The van der Waals surface area contributed by atoms with E-state index in [4.69, 9.17) is 10.00 Å². The molecule has 0 radical (unpaired) electrons. The molecule has 1 N–H and O–H groups in total. The second-order valence-electron chi connectivity index (χ2n) is 5.20. The first kappa shape index (κ1) is 13.8. The van der Waals surface area contributed by atoms with E-state index in [-0.39, 0.29) is 11.2 Å². The second-order valence-corrected chi connectivity index (χ2v) is 5.20. The maximum atomic E-state index is 13.5. The van der Waals surface area contributed by atoms with Crippen molar-refractivity contribution < 1.29 is 9.13 Å². The average Bonchev–Trinajstić information content (AvgIpc) is 3.14. The normalized spacial score (nSPS) is 15.8. The minimum atomic E-state index is -0.282. The Morgan fingerprint density at radius 3 is 2.84 bits per heavy atom. The molecule has 0 unspecified atom stereocenters. The van der Waals surface area contributed by atoms with E-state index in [2.05, 4.69) is 11.4 Å². The van der Waals surface area contributed by atoms with Crippen molar-refractivity contribution in [2.45, 2.75) is 32.7 Å². The molecule has 19 heavy (non-hydrogen) atoms. The van der Waals surface area contributed by atoms with E-state index in [1.165, 1.54) is 12.1 Å². The van der Waals surface area contributed by atoms with Gasteiger partial charge in [0.1, 0.15) is 11.6 Å². The molecule has 1 aromatic carbocycles. The lowest BCUT2D eigenvalue weighted by Gasteiger charge is -2.14. The predicted octanol–water partition coefficient (Wildman–Crippen LogP) is 3.01. The average molecular weight is 262 g/mol. The Balaban J connectivity index is 1.96. The van der Waals surface area contributed by atoms with Crippen LogP contribution in [-0.2, 0) is 6.54 Å². The van der Waals surface area contributed by atoms with Crippen LogP contribution in [0.3, 0.4) is 0 Å². The number of rotatable bonds is 7. The van der Waals surface area contributed by atoms with Gasteiger partial charge in [-0.05, 0) is 37.1 Å². The van der Waals surface area contributed by atoms with Crippen LogP contribution in [0.5, 0.6) is 5.75 Å². The Hall–Kier alpha value is -1.60. The Kier molecular flexibility index (Phi) is 4.39. The third-order valence-electron chi connectivity index (χ3n) is 3.47. The minimum Gasteiger partial charge on any atom is -0.493 e. The molecule has 0 aliphatic heterocycles. The van der Waals surface area contributed by atoms with E-state index < -0.39 is 0 Å². The number of hydrogen-bond donors (Lipinski definition) is 1. The van der Waals surface area contributed by atoms with Crippen LogP contribution in [0.1, 0.15) is 31.7 Å². The third-order valence-corrected chi connectivity index (χ3v) is 3.47. The first-order valence-electron chi connectivity index (χ1n) is 6.67. The zero-order valence-corrected chi connectivity index (χ0v) is 11.2. The number of ether oxygens (including phenoxy) is 1. The summed E-state index contributed by atoms with van der Waals surface area (Å²) in [5.41, 5.74) is 0.894. The zero-order chi connectivity index (χ0) is 13.7. The fourth-order valence-corrected chi connectivity index (χ4v) is 2.03. The maximum Gasteiger partial charge on any atom is 0.127 e. The molecular formula is C15H19FN2O. The fourth-order valence-electron chi connectivity index (χ4n) is 2.03. The Morgan fingerprint density at radius 1 is 1.42 bits per heavy atom. The molecule has 0 amide bonds. The number of nitriles is 1. The molecule has 1 aromatic rings. The number of nitrogens with one attached hydrogen (secondary N) is 1. The largest absolute Gasteiger partial charge is 0.493 e. The van der Waals surface area contributed by atoms with E-state index in [9.17, 15) is 4.39 Å². The molecule has 0 heterocycles. The van der Waals surface area contributed by atoms with Gasteiger partial charge < -0.3 is 10.1 Å². The summed E-state index contributed by atoms with van der Waals surface area (Å²) >= 11 is 0. The summed E-state index contributed by atoms with van der Waals surface area (Å²) in [5.74, 6) is 0.271.